The highest BCUT2D eigenvalue weighted by Gasteiger charge is 2.23. The Kier molecular flexibility index (Phi) is 5.72. The summed E-state index contributed by atoms with van der Waals surface area (Å²) in [5.41, 5.74) is 1.64. The molecule has 5 heteroatoms. The third-order valence-corrected chi connectivity index (χ3v) is 4.96. The Bertz CT molecular complexity index is 618. The highest BCUT2D eigenvalue weighted by Crippen LogP contribution is 2.28. The molecule has 1 atom stereocenters. The van der Waals surface area contributed by atoms with Gasteiger partial charge in [-0.2, -0.15) is 0 Å². The van der Waals surface area contributed by atoms with Gasteiger partial charge in [0, 0.05) is 14.6 Å². The van der Waals surface area contributed by atoms with Crippen molar-refractivity contribution in [3.63, 3.8) is 0 Å². The van der Waals surface area contributed by atoms with E-state index in [9.17, 15) is 5.11 Å². The van der Waals surface area contributed by atoms with Gasteiger partial charge in [0.05, 0.1) is 17.2 Å². The summed E-state index contributed by atoms with van der Waals surface area (Å²) in [6.45, 7) is 2.03. The SMILES string of the molecule is CC(CO)(Cc1ccc(Br)cc1)Nc1ccc(Cl)c(Br)c1. The Morgan fingerprint density at radius 1 is 1.14 bits per heavy atom. The lowest BCUT2D eigenvalue weighted by molar-refractivity contribution is 0.222. The molecule has 0 aliphatic heterocycles. The van der Waals surface area contributed by atoms with Crippen LogP contribution < -0.4 is 5.32 Å². The Labute approximate surface area is 146 Å². The van der Waals surface area contributed by atoms with Crippen LogP contribution in [0.3, 0.4) is 0 Å². The second-order valence-corrected chi connectivity index (χ2v) is 7.45. The lowest BCUT2D eigenvalue weighted by Gasteiger charge is -2.30. The minimum Gasteiger partial charge on any atom is -0.394 e. The van der Waals surface area contributed by atoms with Gasteiger partial charge in [-0.3, -0.25) is 0 Å². The molecule has 2 aromatic carbocycles. The normalized spacial score (nSPS) is 13.8. The van der Waals surface area contributed by atoms with E-state index in [4.69, 9.17) is 11.6 Å². The molecule has 112 valence electrons. The molecule has 0 spiro atoms. The summed E-state index contributed by atoms with van der Waals surface area (Å²) in [4.78, 5) is 0. The Morgan fingerprint density at radius 3 is 2.38 bits per heavy atom. The number of halogens is 3. The third-order valence-electron chi connectivity index (χ3n) is 3.22. The zero-order chi connectivity index (χ0) is 15.5. The molecular formula is C16H16Br2ClNO. The lowest BCUT2D eigenvalue weighted by Crippen LogP contribution is -2.41. The third kappa shape index (κ3) is 4.71. The van der Waals surface area contributed by atoms with Gasteiger partial charge in [-0.05, 0) is 65.2 Å². The van der Waals surface area contributed by atoms with Crippen LogP contribution in [0.2, 0.25) is 5.02 Å². The van der Waals surface area contributed by atoms with E-state index in [0.717, 1.165) is 26.6 Å². The second-order valence-electron chi connectivity index (χ2n) is 5.28. The second kappa shape index (κ2) is 7.14. The minimum absolute atomic E-state index is 0.0311. The predicted octanol–water partition coefficient (Wildman–Crippen LogP) is 5.27. The first kappa shape index (κ1) is 16.8. The molecule has 0 saturated heterocycles. The molecule has 0 aliphatic rings. The van der Waals surface area contributed by atoms with Crippen LogP contribution >= 0.6 is 43.5 Å². The molecule has 0 aromatic heterocycles. The molecule has 1 unspecified atom stereocenters. The van der Waals surface area contributed by atoms with Crippen LogP contribution in [0.15, 0.2) is 51.4 Å². The fraction of sp³-hybridized carbons (Fsp3) is 0.250. The van der Waals surface area contributed by atoms with Gasteiger partial charge in [-0.1, -0.05) is 39.7 Å². The summed E-state index contributed by atoms with van der Waals surface area (Å²) in [6.07, 6.45) is 0.719. The quantitative estimate of drug-likeness (QED) is 0.673. The van der Waals surface area contributed by atoms with Crippen LogP contribution in [0.25, 0.3) is 0 Å². The fourth-order valence-corrected chi connectivity index (χ4v) is 2.88. The maximum atomic E-state index is 9.78. The maximum Gasteiger partial charge on any atom is 0.0662 e. The van der Waals surface area contributed by atoms with Crippen molar-refractivity contribution in [2.75, 3.05) is 11.9 Å². The van der Waals surface area contributed by atoms with E-state index in [-0.39, 0.29) is 6.61 Å². The molecule has 2 rings (SSSR count). The van der Waals surface area contributed by atoms with Crippen molar-refractivity contribution >= 4 is 49.1 Å². The molecule has 0 bridgehead atoms. The van der Waals surface area contributed by atoms with E-state index < -0.39 is 5.54 Å². The molecule has 0 fully saturated rings. The Morgan fingerprint density at radius 2 is 1.81 bits per heavy atom. The van der Waals surface area contributed by atoms with Gasteiger partial charge in [0.25, 0.3) is 0 Å². The van der Waals surface area contributed by atoms with Crippen LogP contribution in [0, 0.1) is 0 Å². The number of aliphatic hydroxyl groups excluding tert-OH is 1. The van der Waals surface area contributed by atoms with Crippen molar-refractivity contribution in [1.82, 2.24) is 0 Å². The highest BCUT2D eigenvalue weighted by molar-refractivity contribution is 9.10. The number of nitrogens with one attached hydrogen (secondary N) is 1. The Balaban J connectivity index is 2.16. The van der Waals surface area contributed by atoms with Crippen molar-refractivity contribution in [1.29, 1.82) is 0 Å². The van der Waals surface area contributed by atoms with Crippen LogP contribution in [-0.4, -0.2) is 17.3 Å². The van der Waals surface area contributed by atoms with Gasteiger partial charge in [-0.25, -0.2) is 0 Å². The largest absolute Gasteiger partial charge is 0.394 e. The number of hydrogen-bond acceptors (Lipinski definition) is 2. The van der Waals surface area contributed by atoms with E-state index >= 15 is 0 Å². The van der Waals surface area contributed by atoms with Gasteiger partial charge >= 0.3 is 0 Å². The first-order valence-electron chi connectivity index (χ1n) is 6.50. The monoisotopic (exact) mass is 431 g/mol. The fourth-order valence-electron chi connectivity index (χ4n) is 2.11. The molecule has 2 nitrogen and oxygen atoms in total. The molecule has 2 aromatic rings. The number of hydrogen-bond donors (Lipinski definition) is 2. The van der Waals surface area contributed by atoms with Crippen LogP contribution in [0.4, 0.5) is 5.69 Å². The number of anilines is 1. The summed E-state index contributed by atoms with van der Waals surface area (Å²) in [7, 11) is 0. The van der Waals surface area contributed by atoms with Gasteiger partial charge in [0.1, 0.15) is 0 Å². The first-order valence-corrected chi connectivity index (χ1v) is 8.47. The van der Waals surface area contributed by atoms with E-state index in [1.165, 1.54) is 0 Å². The molecule has 0 amide bonds. The predicted molar refractivity (Wildman–Crippen MR) is 96.1 cm³/mol. The minimum atomic E-state index is -0.443. The average molecular weight is 434 g/mol. The maximum absolute atomic E-state index is 9.78. The summed E-state index contributed by atoms with van der Waals surface area (Å²) >= 11 is 12.8. The summed E-state index contributed by atoms with van der Waals surface area (Å²) in [5.74, 6) is 0. The molecule has 0 saturated carbocycles. The Hall–Kier alpha value is -0.550. The van der Waals surface area contributed by atoms with Gasteiger partial charge < -0.3 is 10.4 Å². The van der Waals surface area contributed by atoms with Gasteiger partial charge in [0.2, 0.25) is 0 Å². The summed E-state index contributed by atoms with van der Waals surface area (Å²) in [5, 5.41) is 13.8. The van der Waals surface area contributed by atoms with Gasteiger partial charge in [-0.15, -0.1) is 0 Å². The van der Waals surface area contributed by atoms with E-state index in [0.29, 0.717) is 5.02 Å². The van der Waals surface area contributed by atoms with Crippen molar-refractivity contribution in [2.45, 2.75) is 18.9 Å². The summed E-state index contributed by atoms with van der Waals surface area (Å²) < 4.78 is 1.88. The van der Waals surface area contributed by atoms with Gasteiger partial charge in [0.15, 0.2) is 0 Å². The number of benzene rings is 2. The van der Waals surface area contributed by atoms with Crippen LogP contribution in [-0.2, 0) is 6.42 Å². The molecule has 2 N–H and O–H groups in total. The van der Waals surface area contributed by atoms with Crippen LogP contribution in [0.5, 0.6) is 0 Å². The molecular weight excluding hydrogens is 417 g/mol. The molecule has 0 heterocycles. The average Bonchev–Trinajstić information content (AvgIpc) is 2.45. The number of aliphatic hydroxyl groups is 1. The molecule has 21 heavy (non-hydrogen) atoms. The topological polar surface area (TPSA) is 32.3 Å². The highest BCUT2D eigenvalue weighted by atomic mass is 79.9. The van der Waals surface area contributed by atoms with E-state index in [1.54, 1.807) is 0 Å². The van der Waals surface area contributed by atoms with Crippen molar-refractivity contribution in [3.8, 4) is 0 Å². The molecule has 0 radical (unpaired) electrons. The molecule has 0 aliphatic carbocycles. The smallest absolute Gasteiger partial charge is 0.0662 e. The zero-order valence-corrected chi connectivity index (χ0v) is 15.5. The van der Waals surface area contributed by atoms with E-state index in [2.05, 4.69) is 49.3 Å². The van der Waals surface area contributed by atoms with Crippen LogP contribution in [0.1, 0.15) is 12.5 Å². The number of rotatable bonds is 5. The van der Waals surface area contributed by atoms with E-state index in [1.807, 2.05) is 37.3 Å². The lowest BCUT2D eigenvalue weighted by atomic mass is 9.93. The zero-order valence-electron chi connectivity index (χ0n) is 11.5. The van der Waals surface area contributed by atoms with Crippen molar-refractivity contribution in [3.05, 3.63) is 62.0 Å². The standard InChI is InChI=1S/C16H16Br2ClNO/c1-16(10-21,9-11-2-4-12(17)5-3-11)20-13-6-7-15(19)14(18)8-13/h2-8,20-21H,9-10H2,1H3. The van der Waals surface area contributed by atoms with Crippen molar-refractivity contribution in [2.24, 2.45) is 0 Å². The summed E-state index contributed by atoms with van der Waals surface area (Å²) in [6, 6.07) is 13.8. The first-order chi connectivity index (χ1) is 9.92. The van der Waals surface area contributed by atoms with Crippen molar-refractivity contribution < 1.29 is 5.11 Å².